The highest BCUT2D eigenvalue weighted by Crippen LogP contribution is 2.23. The van der Waals surface area contributed by atoms with Gasteiger partial charge in [-0.05, 0) is 36.8 Å². The molecule has 0 bridgehead atoms. The lowest BCUT2D eigenvalue weighted by Gasteiger charge is -2.10. The van der Waals surface area contributed by atoms with Gasteiger partial charge in [-0.15, -0.1) is 0 Å². The smallest absolute Gasteiger partial charge is 0.0725 e. The van der Waals surface area contributed by atoms with E-state index in [1.165, 1.54) is 5.56 Å². The number of aromatic nitrogens is 2. The van der Waals surface area contributed by atoms with Crippen molar-refractivity contribution in [2.45, 2.75) is 13.5 Å². The Balaban J connectivity index is 1.92. The number of benzene rings is 1. The quantitative estimate of drug-likeness (QED) is 0.771. The Morgan fingerprint density at radius 1 is 1.05 bits per heavy atom. The molecule has 0 saturated heterocycles. The van der Waals surface area contributed by atoms with Gasteiger partial charge in [-0.25, -0.2) is 0 Å². The fraction of sp³-hybridized carbons (Fsp3) is 0.125. The summed E-state index contributed by atoms with van der Waals surface area (Å²) in [7, 11) is 0. The molecular weight excluding hydrogens is 234 g/mol. The monoisotopic (exact) mass is 249 g/mol. The van der Waals surface area contributed by atoms with E-state index >= 15 is 0 Å². The van der Waals surface area contributed by atoms with Gasteiger partial charge in [0, 0.05) is 35.7 Å². The topological polar surface area (TPSA) is 37.8 Å². The molecule has 1 N–H and O–H groups in total. The molecular formula is C16H15N3. The summed E-state index contributed by atoms with van der Waals surface area (Å²) in [5.74, 6) is 0. The van der Waals surface area contributed by atoms with Crippen molar-refractivity contribution in [3.63, 3.8) is 0 Å². The van der Waals surface area contributed by atoms with E-state index in [0.717, 1.165) is 28.8 Å². The number of nitrogens with zero attached hydrogens (tertiary/aromatic N) is 2. The van der Waals surface area contributed by atoms with Crippen molar-refractivity contribution >= 4 is 16.6 Å². The van der Waals surface area contributed by atoms with Gasteiger partial charge in [0.2, 0.25) is 0 Å². The minimum Gasteiger partial charge on any atom is -0.380 e. The molecule has 0 unspecified atom stereocenters. The number of nitrogens with one attached hydrogen (secondary N) is 1. The summed E-state index contributed by atoms with van der Waals surface area (Å²) >= 11 is 0. The molecule has 19 heavy (non-hydrogen) atoms. The van der Waals surface area contributed by atoms with Gasteiger partial charge in [0.15, 0.2) is 0 Å². The van der Waals surface area contributed by atoms with Crippen molar-refractivity contribution < 1.29 is 0 Å². The Morgan fingerprint density at radius 3 is 2.68 bits per heavy atom. The molecule has 0 radical (unpaired) electrons. The van der Waals surface area contributed by atoms with Crippen LogP contribution in [0, 0.1) is 6.92 Å². The lowest BCUT2D eigenvalue weighted by molar-refractivity contribution is 1.12. The molecule has 2 aromatic heterocycles. The van der Waals surface area contributed by atoms with E-state index in [4.69, 9.17) is 0 Å². The standard InChI is InChI=1S/C16H15N3/c1-12-10-16(14-4-2-3-5-15(14)19-12)18-11-13-6-8-17-9-7-13/h2-10H,11H2,1H3,(H,18,19). The second-order valence-electron chi connectivity index (χ2n) is 4.54. The second kappa shape index (κ2) is 5.06. The summed E-state index contributed by atoms with van der Waals surface area (Å²) in [4.78, 5) is 8.57. The Labute approximate surface area is 112 Å². The van der Waals surface area contributed by atoms with Crippen molar-refractivity contribution in [1.29, 1.82) is 0 Å². The highest BCUT2D eigenvalue weighted by atomic mass is 14.9. The molecule has 1 aromatic carbocycles. The summed E-state index contributed by atoms with van der Waals surface area (Å²) in [5.41, 5.74) is 4.39. The molecule has 0 saturated carbocycles. The second-order valence-corrected chi connectivity index (χ2v) is 4.54. The number of aryl methyl sites for hydroxylation is 1. The van der Waals surface area contributed by atoms with Crippen LogP contribution in [0.4, 0.5) is 5.69 Å². The van der Waals surface area contributed by atoms with E-state index in [0.29, 0.717) is 0 Å². The normalized spacial score (nSPS) is 10.6. The van der Waals surface area contributed by atoms with Gasteiger partial charge in [-0.3, -0.25) is 9.97 Å². The molecule has 3 nitrogen and oxygen atoms in total. The fourth-order valence-electron chi connectivity index (χ4n) is 2.15. The van der Waals surface area contributed by atoms with Crippen LogP contribution in [-0.4, -0.2) is 9.97 Å². The third-order valence-corrected chi connectivity index (χ3v) is 3.08. The summed E-state index contributed by atoms with van der Waals surface area (Å²) in [6.45, 7) is 2.81. The predicted octanol–water partition coefficient (Wildman–Crippen LogP) is 3.55. The molecule has 2 heterocycles. The van der Waals surface area contributed by atoms with Crippen molar-refractivity contribution in [2.24, 2.45) is 0 Å². The van der Waals surface area contributed by atoms with Crippen molar-refractivity contribution in [1.82, 2.24) is 9.97 Å². The molecule has 0 aliphatic heterocycles. The van der Waals surface area contributed by atoms with Crippen LogP contribution in [0.1, 0.15) is 11.3 Å². The van der Waals surface area contributed by atoms with Crippen LogP contribution in [0.25, 0.3) is 10.9 Å². The van der Waals surface area contributed by atoms with Crippen molar-refractivity contribution in [2.75, 3.05) is 5.32 Å². The van der Waals surface area contributed by atoms with Crippen molar-refractivity contribution in [3.8, 4) is 0 Å². The number of hydrogen-bond acceptors (Lipinski definition) is 3. The first-order valence-corrected chi connectivity index (χ1v) is 6.32. The Hall–Kier alpha value is -2.42. The van der Waals surface area contributed by atoms with E-state index in [1.54, 1.807) is 0 Å². The zero-order valence-electron chi connectivity index (χ0n) is 10.8. The van der Waals surface area contributed by atoms with Gasteiger partial charge in [0.25, 0.3) is 0 Å². The van der Waals surface area contributed by atoms with Gasteiger partial charge < -0.3 is 5.32 Å². The lowest BCUT2D eigenvalue weighted by atomic mass is 10.1. The lowest BCUT2D eigenvalue weighted by Crippen LogP contribution is -2.01. The molecule has 0 aliphatic rings. The molecule has 3 heteroatoms. The highest BCUT2D eigenvalue weighted by molar-refractivity contribution is 5.91. The number of hydrogen-bond donors (Lipinski definition) is 1. The summed E-state index contributed by atoms with van der Waals surface area (Å²) in [6, 6.07) is 14.3. The third-order valence-electron chi connectivity index (χ3n) is 3.08. The highest BCUT2D eigenvalue weighted by Gasteiger charge is 2.03. The average molecular weight is 249 g/mol. The van der Waals surface area contributed by atoms with Gasteiger partial charge in [-0.1, -0.05) is 18.2 Å². The van der Waals surface area contributed by atoms with Crippen LogP contribution in [0.2, 0.25) is 0 Å². The molecule has 3 rings (SSSR count). The molecule has 0 atom stereocenters. The third kappa shape index (κ3) is 2.55. The van der Waals surface area contributed by atoms with E-state index in [9.17, 15) is 0 Å². The Bertz CT molecular complexity index is 693. The van der Waals surface area contributed by atoms with E-state index in [1.807, 2.05) is 49.6 Å². The van der Waals surface area contributed by atoms with E-state index in [2.05, 4.69) is 27.4 Å². The first-order chi connectivity index (χ1) is 9.33. The maximum absolute atomic E-state index is 4.54. The molecule has 3 aromatic rings. The average Bonchev–Trinajstić information content (AvgIpc) is 2.45. The minimum absolute atomic E-state index is 0.788. The number of pyridine rings is 2. The van der Waals surface area contributed by atoms with Crippen molar-refractivity contribution in [3.05, 3.63) is 66.1 Å². The minimum atomic E-state index is 0.788. The predicted molar refractivity (Wildman–Crippen MR) is 78.0 cm³/mol. The van der Waals surface area contributed by atoms with Crippen LogP contribution < -0.4 is 5.32 Å². The Kier molecular flexibility index (Phi) is 3.11. The SMILES string of the molecule is Cc1cc(NCc2ccncc2)c2ccccc2n1. The first kappa shape index (κ1) is 11.7. The molecule has 0 aliphatic carbocycles. The maximum atomic E-state index is 4.54. The first-order valence-electron chi connectivity index (χ1n) is 6.32. The van der Waals surface area contributed by atoms with Crippen LogP contribution >= 0.6 is 0 Å². The van der Waals surface area contributed by atoms with Gasteiger partial charge in [-0.2, -0.15) is 0 Å². The molecule has 0 fully saturated rings. The molecule has 0 spiro atoms. The van der Waals surface area contributed by atoms with Crippen LogP contribution in [0.3, 0.4) is 0 Å². The number of fused-ring (bicyclic) bond motifs is 1. The van der Waals surface area contributed by atoms with Crippen LogP contribution in [0.5, 0.6) is 0 Å². The Morgan fingerprint density at radius 2 is 1.84 bits per heavy atom. The van der Waals surface area contributed by atoms with E-state index < -0.39 is 0 Å². The number of rotatable bonds is 3. The molecule has 94 valence electrons. The largest absolute Gasteiger partial charge is 0.380 e. The zero-order valence-corrected chi connectivity index (χ0v) is 10.8. The summed E-state index contributed by atoms with van der Waals surface area (Å²) in [6.07, 6.45) is 3.62. The number of anilines is 1. The summed E-state index contributed by atoms with van der Waals surface area (Å²) in [5, 5.41) is 4.63. The fourth-order valence-corrected chi connectivity index (χ4v) is 2.15. The van der Waals surface area contributed by atoms with Gasteiger partial charge in [0.05, 0.1) is 5.52 Å². The number of para-hydroxylation sites is 1. The molecule has 0 amide bonds. The van der Waals surface area contributed by atoms with Gasteiger partial charge in [0.1, 0.15) is 0 Å². The zero-order chi connectivity index (χ0) is 13.1. The van der Waals surface area contributed by atoms with E-state index in [-0.39, 0.29) is 0 Å². The summed E-state index contributed by atoms with van der Waals surface area (Å²) < 4.78 is 0. The van der Waals surface area contributed by atoms with Gasteiger partial charge >= 0.3 is 0 Å². The maximum Gasteiger partial charge on any atom is 0.0725 e. The van der Waals surface area contributed by atoms with Crippen LogP contribution in [-0.2, 0) is 6.54 Å². The van der Waals surface area contributed by atoms with Crippen LogP contribution in [0.15, 0.2) is 54.9 Å².